The summed E-state index contributed by atoms with van der Waals surface area (Å²) in [5, 5.41) is 7.42. The fourth-order valence-corrected chi connectivity index (χ4v) is 0.534. The standard InChI is InChI=1S/C7H8.C2H4O2.K.H/c1-7-5-3-2-4-6-7;1-2(3)4;;/h2-6H,1H3;1H3,(H,3,4);;. The van der Waals surface area contributed by atoms with Crippen LogP contribution in [0.1, 0.15) is 12.5 Å². The average molecular weight is 192 g/mol. The number of carboxylic acid groups (broad SMARTS) is 1. The summed E-state index contributed by atoms with van der Waals surface area (Å²) in [5.41, 5.74) is 1.32. The Morgan fingerprint density at radius 2 is 1.58 bits per heavy atom. The van der Waals surface area contributed by atoms with E-state index in [9.17, 15) is 0 Å². The maximum absolute atomic E-state index is 9.00. The third kappa shape index (κ3) is 13.0. The van der Waals surface area contributed by atoms with Gasteiger partial charge in [0.05, 0.1) is 0 Å². The van der Waals surface area contributed by atoms with Gasteiger partial charge >= 0.3 is 51.4 Å². The summed E-state index contributed by atoms with van der Waals surface area (Å²) < 4.78 is 0. The fraction of sp³-hybridized carbons (Fsp3) is 0.222. The molecule has 0 fully saturated rings. The van der Waals surface area contributed by atoms with Gasteiger partial charge in [-0.3, -0.25) is 4.79 Å². The topological polar surface area (TPSA) is 37.3 Å². The summed E-state index contributed by atoms with van der Waals surface area (Å²) in [5.74, 6) is -0.833. The van der Waals surface area contributed by atoms with Crippen molar-refractivity contribution < 1.29 is 9.90 Å². The van der Waals surface area contributed by atoms with E-state index in [2.05, 4.69) is 19.1 Å². The molecule has 0 amide bonds. The molecule has 0 atom stereocenters. The summed E-state index contributed by atoms with van der Waals surface area (Å²) in [7, 11) is 0. The van der Waals surface area contributed by atoms with Crippen molar-refractivity contribution in [3.8, 4) is 0 Å². The predicted octanol–water partition coefficient (Wildman–Crippen LogP) is 1.44. The van der Waals surface area contributed by atoms with E-state index < -0.39 is 5.97 Å². The second kappa shape index (κ2) is 9.41. The van der Waals surface area contributed by atoms with Crippen LogP contribution in [-0.4, -0.2) is 62.5 Å². The van der Waals surface area contributed by atoms with E-state index in [1.807, 2.05) is 18.2 Å². The molecule has 0 bridgehead atoms. The van der Waals surface area contributed by atoms with Gasteiger partial charge in [-0.25, -0.2) is 0 Å². The first-order valence-corrected chi connectivity index (χ1v) is 3.34. The maximum atomic E-state index is 9.00. The Kier molecular flexibility index (Phi) is 11.6. The number of carboxylic acids is 1. The van der Waals surface area contributed by atoms with Crippen molar-refractivity contribution in [2.45, 2.75) is 13.8 Å². The van der Waals surface area contributed by atoms with Crippen LogP contribution >= 0.6 is 0 Å². The van der Waals surface area contributed by atoms with Gasteiger partial charge < -0.3 is 5.11 Å². The number of rotatable bonds is 0. The van der Waals surface area contributed by atoms with Crippen molar-refractivity contribution in [3.05, 3.63) is 35.9 Å². The van der Waals surface area contributed by atoms with Crippen LogP contribution in [0.15, 0.2) is 30.3 Å². The molecule has 2 nitrogen and oxygen atoms in total. The second-order valence-electron chi connectivity index (χ2n) is 2.17. The molecular weight excluding hydrogens is 179 g/mol. The minimum atomic E-state index is -0.833. The number of carbonyl (C=O) groups is 1. The molecule has 0 radical (unpaired) electrons. The van der Waals surface area contributed by atoms with Crippen molar-refractivity contribution in [1.29, 1.82) is 0 Å². The summed E-state index contributed by atoms with van der Waals surface area (Å²) >= 11 is 0. The molecule has 0 spiro atoms. The van der Waals surface area contributed by atoms with Crippen LogP contribution in [0.3, 0.4) is 0 Å². The molecule has 0 unspecified atom stereocenters. The van der Waals surface area contributed by atoms with Gasteiger partial charge in [0.15, 0.2) is 0 Å². The number of hydrogen-bond donors (Lipinski definition) is 1. The molecule has 0 heterocycles. The molecule has 0 saturated heterocycles. The van der Waals surface area contributed by atoms with Crippen molar-refractivity contribution in [1.82, 2.24) is 0 Å². The zero-order chi connectivity index (χ0) is 8.69. The number of hydrogen-bond acceptors (Lipinski definition) is 1. The van der Waals surface area contributed by atoms with Crippen LogP contribution in [0.5, 0.6) is 0 Å². The Labute approximate surface area is 115 Å². The third-order valence-corrected chi connectivity index (χ3v) is 0.940. The van der Waals surface area contributed by atoms with Crippen molar-refractivity contribution in [3.63, 3.8) is 0 Å². The molecule has 1 aromatic carbocycles. The molecule has 0 aliphatic heterocycles. The molecule has 0 aromatic heterocycles. The van der Waals surface area contributed by atoms with Crippen LogP contribution in [0.2, 0.25) is 0 Å². The number of benzene rings is 1. The quantitative estimate of drug-likeness (QED) is 0.631. The summed E-state index contributed by atoms with van der Waals surface area (Å²) in [6, 6.07) is 10.3. The van der Waals surface area contributed by atoms with Crippen LogP contribution < -0.4 is 0 Å². The van der Waals surface area contributed by atoms with E-state index in [0.29, 0.717) is 0 Å². The Hall–Kier alpha value is 0.326. The van der Waals surface area contributed by atoms with E-state index in [1.165, 1.54) is 5.56 Å². The van der Waals surface area contributed by atoms with E-state index in [0.717, 1.165) is 6.92 Å². The third-order valence-electron chi connectivity index (χ3n) is 0.940. The van der Waals surface area contributed by atoms with Crippen LogP contribution in [-0.2, 0) is 4.79 Å². The van der Waals surface area contributed by atoms with E-state index >= 15 is 0 Å². The van der Waals surface area contributed by atoms with Crippen molar-refractivity contribution in [2.75, 3.05) is 0 Å². The average Bonchev–Trinajstić information content (AvgIpc) is 1.87. The summed E-state index contributed by atoms with van der Waals surface area (Å²) in [4.78, 5) is 9.00. The van der Waals surface area contributed by atoms with Crippen molar-refractivity contribution >= 4 is 57.4 Å². The van der Waals surface area contributed by atoms with E-state index in [4.69, 9.17) is 9.90 Å². The summed E-state index contributed by atoms with van der Waals surface area (Å²) in [6.07, 6.45) is 0. The van der Waals surface area contributed by atoms with Gasteiger partial charge in [0, 0.05) is 6.92 Å². The zero-order valence-corrected chi connectivity index (χ0v) is 6.74. The molecule has 0 aliphatic carbocycles. The molecule has 0 saturated carbocycles. The molecule has 12 heavy (non-hydrogen) atoms. The molecular formula is C9H13KO2. The predicted molar refractivity (Wildman–Crippen MR) is 51.6 cm³/mol. The molecule has 1 rings (SSSR count). The molecule has 62 valence electrons. The molecule has 0 aliphatic rings. The van der Waals surface area contributed by atoms with Gasteiger partial charge in [-0.1, -0.05) is 35.9 Å². The Balaban J connectivity index is 0. The first kappa shape index (κ1) is 14.8. The van der Waals surface area contributed by atoms with Gasteiger partial charge in [-0.2, -0.15) is 0 Å². The van der Waals surface area contributed by atoms with Crippen LogP contribution in [0, 0.1) is 6.92 Å². The van der Waals surface area contributed by atoms with Gasteiger partial charge in [0.2, 0.25) is 0 Å². The zero-order valence-electron chi connectivity index (χ0n) is 6.74. The van der Waals surface area contributed by atoms with Gasteiger partial charge in [-0.15, -0.1) is 0 Å². The Morgan fingerprint density at radius 3 is 1.75 bits per heavy atom. The second-order valence-corrected chi connectivity index (χ2v) is 2.17. The van der Waals surface area contributed by atoms with Crippen LogP contribution in [0.25, 0.3) is 0 Å². The van der Waals surface area contributed by atoms with E-state index in [1.54, 1.807) is 0 Å². The van der Waals surface area contributed by atoms with Gasteiger partial charge in [0.25, 0.3) is 5.97 Å². The Morgan fingerprint density at radius 1 is 1.25 bits per heavy atom. The van der Waals surface area contributed by atoms with Gasteiger partial charge in [-0.05, 0) is 6.92 Å². The number of aliphatic carboxylic acids is 1. The monoisotopic (exact) mass is 192 g/mol. The Bertz CT molecular complexity index is 205. The normalized spacial score (nSPS) is 7.17. The molecule has 1 aromatic rings. The fourth-order valence-electron chi connectivity index (χ4n) is 0.534. The molecule has 1 N–H and O–H groups in total. The van der Waals surface area contributed by atoms with Crippen LogP contribution in [0.4, 0.5) is 0 Å². The first-order chi connectivity index (χ1) is 5.13. The summed E-state index contributed by atoms with van der Waals surface area (Å²) in [6.45, 7) is 3.17. The first-order valence-electron chi connectivity index (χ1n) is 3.34. The number of aryl methyl sites for hydroxylation is 1. The van der Waals surface area contributed by atoms with E-state index in [-0.39, 0.29) is 51.4 Å². The SMILES string of the molecule is CC(=O)O.Cc1ccccc1.[KH]. The minimum absolute atomic E-state index is 0. The van der Waals surface area contributed by atoms with Crippen molar-refractivity contribution in [2.24, 2.45) is 0 Å². The van der Waals surface area contributed by atoms with Gasteiger partial charge in [0.1, 0.15) is 0 Å². The molecule has 3 heteroatoms.